The van der Waals surface area contributed by atoms with Gasteiger partial charge >= 0.3 is 0 Å². The second-order valence-electron chi connectivity index (χ2n) is 8.77. The van der Waals surface area contributed by atoms with Crippen molar-refractivity contribution in [1.82, 2.24) is 14.8 Å². The minimum Gasteiger partial charge on any atom is -0.507 e. The van der Waals surface area contributed by atoms with Gasteiger partial charge in [-0.05, 0) is 62.2 Å². The fraction of sp³-hybridized carbons (Fsp3) is 0.423. The van der Waals surface area contributed by atoms with Crippen molar-refractivity contribution in [1.29, 1.82) is 0 Å². The number of hydrogen-bond donors (Lipinski definition) is 1. The van der Waals surface area contributed by atoms with Crippen LogP contribution < -0.4 is 4.74 Å². The summed E-state index contributed by atoms with van der Waals surface area (Å²) in [6, 6.07) is 9.77. The van der Waals surface area contributed by atoms with Gasteiger partial charge in [0.25, 0.3) is 11.7 Å². The number of pyridine rings is 1. The lowest BCUT2D eigenvalue weighted by Gasteiger charge is -2.29. The number of aliphatic hydroxyl groups excluding tert-OH is 1. The predicted octanol–water partition coefficient (Wildman–Crippen LogP) is 3.01. The van der Waals surface area contributed by atoms with Crippen LogP contribution in [0.15, 0.2) is 54.4 Å². The zero-order chi connectivity index (χ0) is 24.1. The Labute approximate surface area is 199 Å². The van der Waals surface area contributed by atoms with Crippen molar-refractivity contribution < 1.29 is 24.2 Å². The summed E-state index contributed by atoms with van der Waals surface area (Å²) >= 11 is 0. The van der Waals surface area contributed by atoms with E-state index >= 15 is 0 Å². The Balaban J connectivity index is 1.62. The largest absolute Gasteiger partial charge is 0.507 e. The van der Waals surface area contributed by atoms with Gasteiger partial charge in [0.05, 0.1) is 30.9 Å². The number of rotatable bonds is 8. The van der Waals surface area contributed by atoms with Crippen LogP contribution in [0.3, 0.4) is 0 Å². The Kier molecular flexibility index (Phi) is 7.59. The van der Waals surface area contributed by atoms with Crippen LogP contribution in [0.25, 0.3) is 5.76 Å². The summed E-state index contributed by atoms with van der Waals surface area (Å²) in [7, 11) is 0. The normalized spacial score (nSPS) is 20.8. The topological polar surface area (TPSA) is 92.2 Å². The second-order valence-corrected chi connectivity index (χ2v) is 8.77. The lowest BCUT2D eigenvalue weighted by Crippen LogP contribution is -2.38. The van der Waals surface area contributed by atoms with E-state index in [1.54, 1.807) is 53.7 Å². The summed E-state index contributed by atoms with van der Waals surface area (Å²) in [6.45, 7) is 8.24. The van der Waals surface area contributed by atoms with E-state index in [0.717, 1.165) is 31.6 Å². The standard InChI is InChI=1S/C26H31N3O5/c1-18(2)34-21-6-4-20(5-7-21)24(30)22-23(19-8-10-27-11-9-19)29(26(32)25(22)31)13-3-12-28-14-16-33-17-15-28/h4-11,18,23,30H,3,12-17H2,1-2H3/b24-22-. The van der Waals surface area contributed by atoms with E-state index < -0.39 is 17.7 Å². The van der Waals surface area contributed by atoms with Crippen molar-refractivity contribution >= 4 is 17.4 Å². The Morgan fingerprint density at radius 3 is 2.41 bits per heavy atom. The Morgan fingerprint density at radius 2 is 1.76 bits per heavy atom. The molecule has 2 aliphatic heterocycles. The van der Waals surface area contributed by atoms with Crippen molar-refractivity contribution in [2.24, 2.45) is 0 Å². The number of aromatic nitrogens is 1. The van der Waals surface area contributed by atoms with Gasteiger partial charge in [-0.1, -0.05) is 0 Å². The van der Waals surface area contributed by atoms with Crippen molar-refractivity contribution in [2.45, 2.75) is 32.4 Å². The SMILES string of the molecule is CC(C)Oc1ccc(/C(O)=C2/C(=O)C(=O)N(CCCN3CCOCC3)C2c2ccncc2)cc1. The molecule has 0 saturated carbocycles. The van der Waals surface area contributed by atoms with Crippen LogP contribution >= 0.6 is 0 Å². The van der Waals surface area contributed by atoms with Gasteiger partial charge in [0.1, 0.15) is 11.5 Å². The van der Waals surface area contributed by atoms with E-state index in [1.807, 2.05) is 13.8 Å². The van der Waals surface area contributed by atoms with Crippen LogP contribution in [0.1, 0.15) is 37.4 Å². The molecule has 0 spiro atoms. The number of ketones is 1. The second kappa shape index (κ2) is 10.8. The molecule has 8 heteroatoms. The van der Waals surface area contributed by atoms with E-state index in [1.165, 1.54) is 0 Å². The zero-order valence-corrected chi connectivity index (χ0v) is 19.6. The van der Waals surface area contributed by atoms with Gasteiger partial charge in [0, 0.05) is 44.1 Å². The van der Waals surface area contributed by atoms with Gasteiger partial charge in [-0.25, -0.2) is 0 Å². The molecule has 34 heavy (non-hydrogen) atoms. The molecule has 2 saturated heterocycles. The molecule has 8 nitrogen and oxygen atoms in total. The molecular weight excluding hydrogens is 434 g/mol. The van der Waals surface area contributed by atoms with Crippen LogP contribution in [-0.4, -0.2) is 77.1 Å². The molecule has 4 rings (SSSR count). The first-order valence-corrected chi connectivity index (χ1v) is 11.7. The van der Waals surface area contributed by atoms with E-state index in [2.05, 4.69) is 9.88 Å². The van der Waals surface area contributed by atoms with Gasteiger partial charge in [0.2, 0.25) is 0 Å². The zero-order valence-electron chi connectivity index (χ0n) is 19.6. The van der Waals surface area contributed by atoms with Crippen LogP contribution in [0, 0.1) is 0 Å². The van der Waals surface area contributed by atoms with Crippen molar-refractivity contribution in [3.8, 4) is 5.75 Å². The molecule has 0 radical (unpaired) electrons. The molecule has 180 valence electrons. The van der Waals surface area contributed by atoms with E-state index in [0.29, 0.717) is 31.1 Å². The molecule has 2 aromatic rings. The molecule has 1 aromatic heterocycles. The van der Waals surface area contributed by atoms with Gasteiger partial charge in [0.15, 0.2) is 0 Å². The first-order chi connectivity index (χ1) is 16.5. The highest BCUT2D eigenvalue weighted by Gasteiger charge is 2.45. The number of ether oxygens (including phenoxy) is 2. The number of nitrogens with zero attached hydrogens (tertiary/aromatic N) is 3. The number of likely N-dealkylation sites (tertiary alicyclic amines) is 1. The summed E-state index contributed by atoms with van der Waals surface area (Å²) in [5.74, 6) is -0.786. The molecule has 1 aromatic carbocycles. The highest BCUT2D eigenvalue weighted by atomic mass is 16.5. The first-order valence-electron chi connectivity index (χ1n) is 11.7. The van der Waals surface area contributed by atoms with E-state index in [4.69, 9.17) is 9.47 Å². The van der Waals surface area contributed by atoms with Crippen LogP contribution in [0.5, 0.6) is 5.75 Å². The van der Waals surface area contributed by atoms with Gasteiger partial charge < -0.3 is 19.5 Å². The number of hydrogen-bond acceptors (Lipinski definition) is 7. The van der Waals surface area contributed by atoms with Crippen LogP contribution in [0.4, 0.5) is 0 Å². The number of Topliss-reactive ketones (excluding diaryl/α,β-unsaturated/α-hetero) is 1. The first kappa shape index (κ1) is 23.9. The predicted molar refractivity (Wildman–Crippen MR) is 127 cm³/mol. The smallest absolute Gasteiger partial charge is 0.295 e. The number of aliphatic hydroxyl groups is 1. The minimum absolute atomic E-state index is 0.0222. The molecule has 1 atom stereocenters. The molecule has 1 unspecified atom stereocenters. The molecule has 1 amide bonds. The maximum atomic E-state index is 13.1. The van der Waals surface area contributed by atoms with Crippen molar-refractivity contribution in [2.75, 3.05) is 39.4 Å². The minimum atomic E-state index is -0.673. The lowest BCUT2D eigenvalue weighted by molar-refractivity contribution is -0.140. The quantitative estimate of drug-likeness (QED) is 0.364. The molecule has 0 bridgehead atoms. The third kappa shape index (κ3) is 5.29. The number of carbonyl (C=O) groups is 2. The number of carbonyl (C=O) groups excluding carboxylic acids is 2. The molecule has 0 aliphatic carbocycles. The lowest BCUT2D eigenvalue weighted by atomic mass is 9.96. The average Bonchev–Trinajstić information content (AvgIpc) is 3.10. The van der Waals surface area contributed by atoms with Gasteiger partial charge in [-0.15, -0.1) is 0 Å². The molecule has 3 heterocycles. The fourth-order valence-corrected chi connectivity index (χ4v) is 4.41. The van der Waals surface area contributed by atoms with Crippen LogP contribution in [-0.2, 0) is 14.3 Å². The molecule has 1 N–H and O–H groups in total. The average molecular weight is 466 g/mol. The molecular formula is C26H31N3O5. The summed E-state index contributed by atoms with van der Waals surface area (Å²) in [4.78, 5) is 34.1. The summed E-state index contributed by atoms with van der Waals surface area (Å²) in [5, 5.41) is 11.2. The number of amides is 1. The van der Waals surface area contributed by atoms with Gasteiger partial charge in [-0.2, -0.15) is 0 Å². The third-order valence-corrected chi connectivity index (χ3v) is 6.04. The van der Waals surface area contributed by atoms with E-state index in [-0.39, 0.29) is 17.4 Å². The Bertz CT molecular complexity index is 1030. The molecule has 2 fully saturated rings. The highest BCUT2D eigenvalue weighted by Crippen LogP contribution is 2.39. The van der Waals surface area contributed by atoms with Crippen molar-refractivity contribution in [3.63, 3.8) is 0 Å². The number of morpholine rings is 1. The summed E-state index contributed by atoms with van der Waals surface area (Å²) in [5.41, 5.74) is 1.29. The maximum Gasteiger partial charge on any atom is 0.295 e. The monoisotopic (exact) mass is 465 g/mol. The van der Waals surface area contributed by atoms with Crippen molar-refractivity contribution in [3.05, 3.63) is 65.5 Å². The Morgan fingerprint density at radius 1 is 1.09 bits per heavy atom. The third-order valence-electron chi connectivity index (χ3n) is 6.04. The summed E-state index contributed by atoms with van der Waals surface area (Å²) < 4.78 is 11.1. The summed E-state index contributed by atoms with van der Waals surface area (Å²) in [6.07, 6.45) is 3.99. The highest BCUT2D eigenvalue weighted by molar-refractivity contribution is 6.46. The van der Waals surface area contributed by atoms with E-state index in [9.17, 15) is 14.7 Å². The number of benzene rings is 1. The maximum absolute atomic E-state index is 13.1. The Hall–Kier alpha value is -3.23. The fourth-order valence-electron chi connectivity index (χ4n) is 4.41. The molecule has 2 aliphatic rings. The van der Waals surface area contributed by atoms with Crippen LogP contribution in [0.2, 0.25) is 0 Å². The van der Waals surface area contributed by atoms with Gasteiger partial charge in [-0.3, -0.25) is 19.5 Å².